The van der Waals surface area contributed by atoms with Gasteiger partial charge in [-0.05, 0) is 32.8 Å². The summed E-state index contributed by atoms with van der Waals surface area (Å²) in [6, 6.07) is 2.49. The van der Waals surface area contributed by atoms with Crippen molar-refractivity contribution in [2.24, 2.45) is 5.92 Å². The highest BCUT2D eigenvalue weighted by Crippen LogP contribution is 2.21. The smallest absolute Gasteiger partial charge is 0.407 e. The Morgan fingerprint density at radius 2 is 2.12 bits per heavy atom. The molecule has 0 aromatic carbocycles. The Kier molecular flexibility index (Phi) is 6.79. The molecule has 24 heavy (non-hydrogen) atoms. The summed E-state index contributed by atoms with van der Waals surface area (Å²) in [6.45, 7) is 9.34. The zero-order valence-corrected chi connectivity index (χ0v) is 15.2. The lowest BCUT2D eigenvalue weighted by Gasteiger charge is -2.25. The Hall–Kier alpha value is -2.07. The van der Waals surface area contributed by atoms with E-state index in [1.165, 1.54) is 0 Å². The highest BCUT2D eigenvalue weighted by atomic mass is 35.5. The summed E-state index contributed by atoms with van der Waals surface area (Å²) in [5, 5.41) is 14.3. The molecule has 1 atom stereocenters. The van der Waals surface area contributed by atoms with E-state index in [2.05, 4.69) is 15.6 Å². The van der Waals surface area contributed by atoms with Gasteiger partial charge in [0, 0.05) is 12.6 Å². The van der Waals surface area contributed by atoms with Crippen LogP contribution in [0, 0.1) is 23.1 Å². The van der Waals surface area contributed by atoms with E-state index in [9.17, 15) is 9.18 Å². The number of anilines is 1. The van der Waals surface area contributed by atoms with Crippen LogP contribution in [-0.4, -0.2) is 29.3 Å². The molecule has 0 aliphatic heterocycles. The van der Waals surface area contributed by atoms with Crippen molar-refractivity contribution in [2.45, 2.75) is 46.3 Å². The minimum atomic E-state index is -0.682. The maximum absolute atomic E-state index is 14.0. The third-order valence-electron chi connectivity index (χ3n) is 3.04. The molecular weight excluding hydrogens is 335 g/mol. The number of carbonyl (C=O) groups excluding carboxylic acids is 1. The molecule has 0 aliphatic carbocycles. The molecule has 1 amide bonds. The maximum Gasteiger partial charge on any atom is 0.407 e. The molecule has 0 saturated carbocycles. The molecule has 132 valence electrons. The SMILES string of the molecule is CC(C)[C@H](CNC(=O)OC(C)(C)C)Nc1nc(Cl)c(C#N)cc1F. The van der Waals surface area contributed by atoms with E-state index in [0.717, 1.165) is 6.07 Å². The summed E-state index contributed by atoms with van der Waals surface area (Å²) in [7, 11) is 0. The lowest BCUT2D eigenvalue weighted by molar-refractivity contribution is 0.0523. The number of rotatable bonds is 5. The van der Waals surface area contributed by atoms with Crippen LogP contribution >= 0.6 is 11.6 Å². The summed E-state index contributed by atoms with van der Waals surface area (Å²) in [5.41, 5.74) is -0.633. The summed E-state index contributed by atoms with van der Waals surface area (Å²) in [4.78, 5) is 15.6. The van der Waals surface area contributed by atoms with Crippen LogP contribution in [0.5, 0.6) is 0 Å². The Balaban J connectivity index is 2.79. The van der Waals surface area contributed by atoms with Crippen LogP contribution in [0.3, 0.4) is 0 Å². The van der Waals surface area contributed by atoms with Gasteiger partial charge in [0.1, 0.15) is 16.8 Å². The number of hydrogen-bond donors (Lipinski definition) is 2. The van der Waals surface area contributed by atoms with Gasteiger partial charge in [0.25, 0.3) is 0 Å². The second-order valence-corrected chi connectivity index (χ2v) is 7.00. The Morgan fingerprint density at radius 1 is 1.50 bits per heavy atom. The first-order valence-electron chi connectivity index (χ1n) is 7.53. The van der Waals surface area contributed by atoms with Gasteiger partial charge in [-0.2, -0.15) is 5.26 Å². The van der Waals surface area contributed by atoms with Crippen molar-refractivity contribution in [3.8, 4) is 6.07 Å². The normalized spacial score (nSPS) is 12.5. The van der Waals surface area contributed by atoms with Gasteiger partial charge in [-0.25, -0.2) is 14.2 Å². The summed E-state index contributed by atoms with van der Waals surface area (Å²) in [5.74, 6) is -0.682. The summed E-state index contributed by atoms with van der Waals surface area (Å²) in [6.07, 6.45) is -0.554. The number of nitrogens with zero attached hydrogens (tertiary/aromatic N) is 2. The molecule has 6 nitrogen and oxygen atoms in total. The first-order chi connectivity index (χ1) is 11.0. The number of ether oxygens (including phenoxy) is 1. The van der Waals surface area contributed by atoms with Crippen LogP contribution in [0.15, 0.2) is 6.07 Å². The predicted molar refractivity (Wildman–Crippen MR) is 90.4 cm³/mol. The highest BCUT2D eigenvalue weighted by molar-refractivity contribution is 6.30. The van der Waals surface area contributed by atoms with Gasteiger partial charge in [-0.1, -0.05) is 25.4 Å². The fourth-order valence-electron chi connectivity index (χ4n) is 1.78. The first-order valence-corrected chi connectivity index (χ1v) is 7.90. The molecule has 2 N–H and O–H groups in total. The number of carbonyl (C=O) groups is 1. The predicted octanol–water partition coefficient (Wildman–Crippen LogP) is 3.71. The van der Waals surface area contributed by atoms with Gasteiger partial charge in [0.2, 0.25) is 0 Å². The van der Waals surface area contributed by atoms with Crippen molar-refractivity contribution >= 4 is 23.5 Å². The number of aromatic nitrogens is 1. The summed E-state index contributed by atoms with van der Waals surface area (Å²) >= 11 is 5.83. The Labute approximate surface area is 146 Å². The fraction of sp³-hybridized carbons (Fsp3) is 0.562. The van der Waals surface area contributed by atoms with E-state index in [1.807, 2.05) is 13.8 Å². The number of amides is 1. The van der Waals surface area contributed by atoms with Crippen LogP contribution < -0.4 is 10.6 Å². The summed E-state index contributed by atoms with van der Waals surface area (Å²) < 4.78 is 19.2. The second kappa shape index (κ2) is 8.15. The minimum absolute atomic E-state index is 0.0345. The number of pyridine rings is 1. The van der Waals surface area contributed by atoms with Gasteiger partial charge in [0.05, 0.1) is 5.56 Å². The lowest BCUT2D eigenvalue weighted by Crippen LogP contribution is -2.42. The quantitative estimate of drug-likeness (QED) is 0.785. The molecule has 0 spiro atoms. The van der Waals surface area contributed by atoms with Crippen molar-refractivity contribution in [1.29, 1.82) is 5.26 Å². The zero-order chi connectivity index (χ0) is 18.5. The number of hydrogen-bond acceptors (Lipinski definition) is 5. The van der Waals surface area contributed by atoms with Crippen molar-refractivity contribution < 1.29 is 13.9 Å². The van der Waals surface area contributed by atoms with E-state index in [4.69, 9.17) is 21.6 Å². The molecule has 0 aliphatic rings. The van der Waals surface area contributed by atoms with Crippen LogP contribution in [0.25, 0.3) is 0 Å². The van der Waals surface area contributed by atoms with Gasteiger partial charge in [0.15, 0.2) is 11.6 Å². The van der Waals surface area contributed by atoms with Crippen molar-refractivity contribution in [2.75, 3.05) is 11.9 Å². The van der Waals surface area contributed by atoms with Gasteiger partial charge < -0.3 is 15.4 Å². The average Bonchev–Trinajstić information content (AvgIpc) is 2.44. The lowest BCUT2D eigenvalue weighted by atomic mass is 10.0. The monoisotopic (exact) mass is 356 g/mol. The van der Waals surface area contributed by atoms with Gasteiger partial charge in [-0.15, -0.1) is 0 Å². The molecule has 8 heteroatoms. The van der Waals surface area contributed by atoms with E-state index >= 15 is 0 Å². The third-order valence-corrected chi connectivity index (χ3v) is 3.33. The standard InChI is InChI=1S/C16H22ClFN4O2/c1-9(2)12(8-20-15(23)24-16(3,4)5)21-14-11(18)6-10(7-19)13(17)22-14/h6,9,12H,8H2,1-5H3,(H,20,23)(H,21,22)/t12-/m0/s1. The van der Waals surface area contributed by atoms with Gasteiger partial charge in [-0.3, -0.25) is 0 Å². The zero-order valence-electron chi connectivity index (χ0n) is 14.4. The van der Waals surface area contributed by atoms with E-state index < -0.39 is 17.5 Å². The van der Waals surface area contributed by atoms with Crippen LogP contribution in [0.4, 0.5) is 15.0 Å². The molecule has 0 radical (unpaired) electrons. The number of halogens is 2. The van der Waals surface area contributed by atoms with Gasteiger partial charge >= 0.3 is 6.09 Å². The molecule has 1 heterocycles. The second-order valence-electron chi connectivity index (χ2n) is 6.65. The molecule has 0 bridgehead atoms. The third kappa shape index (κ3) is 6.20. The largest absolute Gasteiger partial charge is 0.444 e. The average molecular weight is 357 g/mol. The number of nitriles is 1. The molecule has 0 fully saturated rings. The molecule has 1 rings (SSSR count). The van der Waals surface area contributed by atoms with Crippen LogP contribution in [0.1, 0.15) is 40.2 Å². The van der Waals surface area contributed by atoms with E-state index in [1.54, 1.807) is 26.8 Å². The fourth-order valence-corrected chi connectivity index (χ4v) is 1.96. The number of alkyl carbamates (subject to hydrolysis) is 1. The molecule has 0 saturated heterocycles. The van der Waals surface area contributed by atoms with Crippen LogP contribution in [-0.2, 0) is 4.74 Å². The Morgan fingerprint density at radius 3 is 2.62 bits per heavy atom. The topological polar surface area (TPSA) is 87.0 Å². The molecule has 1 aromatic heterocycles. The Bertz CT molecular complexity index is 638. The van der Waals surface area contributed by atoms with Crippen LogP contribution in [0.2, 0.25) is 5.15 Å². The maximum atomic E-state index is 14.0. The van der Waals surface area contributed by atoms with Crippen molar-refractivity contribution in [1.82, 2.24) is 10.3 Å². The van der Waals surface area contributed by atoms with E-state index in [-0.39, 0.29) is 35.0 Å². The number of nitrogens with one attached hydrogen (secondary N) is 2. The van der Waals surface area contributed by atoms with E-state index in [0.29, 0.717) is 0 Å². The molecule has 0 unspecified atom stereocenters. The minimum Gasteiger partial charge on any atom is -0.444 e. The highest BCUT2D eigenvalue weighted by Gasteiger charge is 2.21. The van der Waals surface area contributed by atoms with Crippen molar-refractivity contribution in [3.63, 3.8) is 0 Å². The first kappa shape index (κ1) is 20.0. The molecular formula is C16H22ClFN4O2. The molecule has 1 aromatic rings. The van der Waals surface area contributed by atoms with Crippen molar-refractivity contribution in [3.05, 3.63) is 22.6 Å².